The molecule has 0 radical (unpaired) electrons. The molecule has 0 amide bonds. The Hall–Kier alpha value is -6.59. The fourth-order valence-corrected chi connectivity index (χ4v) is 7.49. The van der Waals surface area contributed by atoms with Crippen LogP contribution in [0.1, 0.15) is 0 Å². The first kappa shape index (κ1) is 25.6. The zero-order valence-corrected chi connectivity index (χ0v) is 25.5. The molecule has 0 aliphatic rings. The lowest BCUT2D eigenvalue weighted by atomic mass is 9.99. The lowest BCUT2D eigenvalue weighted by Crippen LogP contribution is -2.09. The van der Waals surface area contributed by atoms with Gasteiger partial charge in [-0.2, -0.15) is 0 Å². The van der Waals surface area contributed by atoms with Gasteiger partial charge in [0.05, 0.1) is 0 Å². The number of hydrogen-bond acceptors (Lipinski definition) is 5. The molecule has 11 rings (SSSR count). The number of nitrogens with zero attached hydrogens (tertiary/aromatic N) is 2. The number of benzene rings is 7. The molecule has 5 nitrogen and oxygen atoms in total. The molecule has 224 valence electrons. The number of para-hydroxylation sites is 2. The molecule has 11 aromatic rings. The molecule has 0 aliphatic heterocycles. The van der Waals surface area contributed by atoms with E-state index in [1.165, 1.54) is 0 Å². The number of anilines is 3. The molecular formula is C43H24N2O3. The minimum atomic E-state index is 0.657. The molecule has 5 heteroatoms. The van der Waals surface area contributed by atoms with Crippen LogP contribution in [0.2, 0.25) is 0 Å². The highest BCUT2D eigenvalue weighted by Gasteiger charge is 2.19. The number of furan rings is 3. The average molecular weight is 617 g/mol. The van der Waals surface area contributed by atoms with Gasteiger partial charge in [0.25, 0.3) is 0 Å². The lowest BCUT2D eigenvalue weighted by Gasteiger charge is -2.26. The van der Waals surface area contributed by atoms with Crippen LogP contribution in [-0.2, 0) is 0 Å². The molecule has 0 aliphatic carbocycles. The van der Waals surface area contributed by atoms with Crippen molar-refractivity contribution in [3.8, 4) is 0 Å². The van der Waals surface area contributed by atoms with Crippen LogP contribution in [0.5, 0.6) is 0 Å². The highest BCUT2D eigenvalue weighted by atomic mass is 16.3. The van der Waals surface area contributed by atoms with Crippen LogP contribution in [0.4, 0.5) is 17.1 Å². The summed E-state index contributed by atoms with van der Waals surface area (Å²) >= 11 is 0. The number of aromatic nitrogens is 1. The van der Waals surface area contributed by atoms with E-state index >= 15 is 0 Å². The van der Waals surface area contributed by atoms with Gasteiger partial charge in [-0.15, -0.1) is 0 Å². The van der Waals surface area contributed by atoms with Crippen molar-refractivity contribution in [1.82, 2.24) is 4.98 Å². The summed E-state index contributed by atoms with van der Waals surface area (Å²) in [6, 6.07) is 48.7. The van der Waals surface area contributed by atoms with Crippen LogP contribution in [0.3, 0.4) is 0 Å². The summed E-state index contributed by atoms with van der Waals surface area (Å²) in [7, 11) is 0. The minimum absolute atomic E-state index is 0.657. The zero-order valence-electron chi connectivity index (χ0n) is 25.5. The van der Waals surface area contributed by atoms with Crippen LogP contribution in [-0.4, -0.2) is 4.98 Å². The Balaban J connectivity index is 1.17. The quantitative estimate of drug-likeness (QED) is 0.185. The first-order valence-corrected chi connectivity index (χ1v) is 16.0. The largest absolute Gasteiger partial charge is 0.456 e. The van der Waals surface area contributed by atoms with Crippen LogP contribution in [0.25, 0.3) is 87.5 Å². The first-order valence-electron chi connectivity index (χ1n) is 16.0. The summed E-state index contributed by atoms with van der Waals surface area (Å²) in [5.74, 6) is 0. The van der Waals surface area contributed by atoms with Gasteiger partial charge in [-0.25, -0.2) is 4.98 Å². The third kappa shape index (κ3) is 3.58. The van der Waals surface area contributed by atoms with Crippen molar-refractivity contribution < 1.29 is 13.3 Å². The van der Waals surface area contributed by atoms with E-state index in [-0.39, 0.29) is 0 Å². The molecule has 0 atom stereocenters. The Kier molecular flexibility index (Phi) is 5.05. The van der Waals surface area contributed by atoms with E-state index in [1.807, 2.05) is 30.3 Å². The zero-order chi connectivity index (χ0) is 31.3. The fourth-order valence-electron chi connectivity index (χ4n) is 7.49. The van der Waals surface area contributed by atoms with Gasteiger partial charge in [0.15, 0.2) is 0 Å². The van der Waals surface area contributed by atoms with E-state index in [4.69, 9.17) is 13.3 Å². The third-order valence-corrected chi connectivity index (χ3v) is 9.69. The SMILES string of the molecule is c1ccc2c(c1)oc1ccc(N(c3ccc4c(ccc5ccc6c7cccnc7oc6c54)c3)c3ccc4oc5ccccc5c4c3)cc12. The van der Waals surface area contributed by atoms with Crippen molar-refractivity contribution in [2.75, 3.05) is 4.90 Å². The highest BCUT2D eigenvalue weighted by Crippen LogP contribution is 2.43. The molecule has 0 unspecified atom stereocenters. The predicted molar refractivity (Wildman–Crippen MR) is 196 cm³/mol. The van der Waals surface area contributed by atoms with Crippen molar-refractivity contribution in [2.24, 2.45) is 0 Å². The molecule has 4 heterocycles. The van der Waals surface area contributed by atoms with Crippen molar-refractivity contribution in [1.29, 1.82) is 0 Å². The average Bonchev–Trinajstić information content (AvgIpc) is 3.82. The van der Waals surface area contributed by atoms with E-state index in [2.05, 4.69) is 119 Å². The van der Waals surface area contributed by atoms with Crippen molar-refractivity contribution in [3.05, 3.63) is 146 Å². The van der Waals surface area contributed by atoms with Crippen LogP contribution in [0.15, 0.2) is 159 Å². The number of fused-ring (bicyclic) bond motifs is 13. The summed E-state index contributed by atoms with van der Waals surface area (Å²) < 4.78 is 18.8. The first-order chi connectivity index (χ1) is 23.8. The van der Waals surface area contributed by atoms with Gasteiger partial charge in [-0.1, -0.05) is 60.7 Å². The van der Waals surface area contributed by atoms with Gasteiger partial charge in [-0.3, -0.25) is 0 Å². The molecule has 0 saturated carbocycles. The molecule has 4 aromatic heterocycles. The summed E-state index contributed by atoms with van der Waals surface area (Å²) in [4.78, 5) is 6.81. The molecule has 0 bridgehead atoms. The second-order valence-corrected chi connectivity index (χ2v) is 12.4. The van der Waals surface area contributed by atoms with E-state index in [0.29, 0.717) is 5.71 Å². The second kappa shape index (κ2) is 9.47. The summed E-state index contributed by atoms with van der Waals surface area (Å²) in [6.45, 7) is 0. The third-order valence-electron chi connectivity index (χ3n) is 9.69. The molecule has 0 N–H and O–H groups in total. The highest BCUT2D eigenvalue weighted by molar-refractivity contribution is 6.23. The molecule has 0 spiro atoms. The van der Waals surface area contributed by atoms with Gasteiger partial charge in [0.2, 0.25) is 5.71 Å². The lowest BCUT2D eigenvalue weighted by molar-refractivity contribution is 0.658. The monoisotopic (exact) mass is 616 g/mol. The Morgan fingerprint density at radius 2 is 0.958 bits per heavy atom. The maximum atomic E-state index is 6.39. The van der Waals surface area contributed by atoms with Crippen molar-refractivity contribution in [2.45, 2.75) is 0 Å². The number of pyridine rings is 1. The van der Waals surface area contributed by atoms with Gasteiger partial charge < -0.3 is 18.2 Å². The van der Waals surface area contributed by atoms with Crippen LogP contribution >= 0.6 is 0 Å². The number of hydrogen-bond donors (Lipinski definition) is 0. The van der Waals surface area contributed by atoms with Crippen molar-refractivity contribution in [3.63, 3.8) is 0 Å². The Labute approximate surface area is 272 Å². The Morgan fingerprint density at radius 3 is 1.69 bits per heavy atom. The van der Waals surface area contributed by atoms with Gasteiger partial charge in [0.1, 0.15) is 27.9 Å². The minimum Gasteiger partial charge on any atom is -0.456 e. The van der Waals surface area contributed by atoms with E-state index in [1.54, 1.807) is 6.20 Å². The fraction of sp³-hybridized carbons (Fsp3) is 0. The maximum Gasteiger partial charge on any atom is 0.227 e. The summed E-state index contributed by atoms with van der Waals surface area (Å²) in [5, 5.41) is 10.9. The van der Waals surface area contributed by atoms with Gasteiger partial charge in [-0.05, 0) is 95.0 Å². The number of rotatable bonds is 3. The standard InChI is InChI=1S/C43H24N2O3/c1-3-9-37-31(6-1)35-23-28(15-19-39(35)46-37)45(29-16-20-40-36(24-29)32-7-2-4-10-38(32)47-40)27-14-18-30-26(22-27)12-11-25-13-17-33-34-8-5-21-44-43(34)48-42(33)41(25)30/h1-24H. The van der Waals surface area contributed by atoms with Crippen LogP contribution < -0.4 is 4.90 Å². The molecular weight excluding hydrogens is 592 g/mol. The normalized spacial score (nSPS) is 12.2. The predicted octanol–water partition coefficient (Wildman–Crippen LogP) is 12.6. The summed E-state index contributed by atoms with van der Waals surface area (Å²) in [5.41, 5.74) is 8.13. The van der Waals surface area contributed by atoms with E-state index < -0.39 is 0 Å². The van der Waals surface area contributed by atoms with E-state index in [9.17, 15) is 0 Å². The Bertz CT molecular complexity index is 2980. The second-order valence-electron chi connectivity index (χ2n) is 12.4. The van der Waals surface area contributed by atoms with E-state index in [0.717, 1.165) is 98.8 Å². The molecule has 0 saturated heterocycles. The topological polar surface area (TPSA) is 55.6 Å². The smallest absolute Gasteiger partial charge is 0.227 e. The van der Waals surface area contributed by atoms with Gasteiger partial charge >= 0.3 is 0 Å². The van der Waals surface area contributed by atoms with Gasteiger partial charge in [0, 0.05) is 61.0 Å². The summed E-state index contributed by atoms with van der Waals surface area (Å²) in [6.07, 6.45) is 1.78. The Morgan fingerprint density at radius 1 is 0.396 bits per heavy atom. The van der Waals surface area contributed by atoms with Crippen LogP contribution in [0, 0.1) is 0 Å². The molecule has 48 heavy (non-hydrogen) atoms. The van der Waals surface area contributed by atoms with Crippen molar-refractivity contribution >= 4 is 105 Å². The maximum absolute atomic E-state index is 6.39. The molecule has 7 aromatic carbocycles. The molecule has 0 fully saturated rings.